The van der Waals surface area contributed by atoms with Crippen molar-refractivity contribution >= 4 is 0 Å². The smallest absolute Gasteiger partial charge is 0.140 e. The Hall–Kier alpha value is -0.870. The van der Waals surface area contributed by atoms with Crippen molar-refractivity contribution in [2.75, 3.05) is 0 Å². The molecule has 2 N–H and O–H groups in total. The van der Waals surface area contributed by atoms with Gasteiger partial charge in [-0.3, -0.25) is 0 Å². The van der Waals surface area contributed by atoms with Gasteiger partial charge >= 0.3 is 0 Å². The van der Waals surface area contributed by atoms with Crippen LogP contribution in [0, 0.1) is 0 Å². The maximum atomic E-state index is 10.4. The molecule has 0 bridgehead atoms. The number of aromatic nitrogens is 2. The Morgan fingerprint density at radius 1 is 1.44 bits per heavy atom. The number of hydrogen-bond donors (Lipinski definition) is 2. The van der Waals surface area contributed by atoms with E-state index in [2.05, 4.69) is 4.98 Å². The first-order chi connectivity index (χ1) is 7.67. The monoisotopic (exact) mass is 224 g/mol. The summed E-state index contributed by atoms with van der Waals surface area (Å²) in [5.41, 5.74) is -0.976. The van der Waals surface area contributed by atoms with Crippen LogP contribution in [0.3, 0.4) is 0 Å². The van der Waals surface area contributed by atoms with Crippen LogP contribution in [0.15, 0.2) is 12.4 Å². The number of hydrogen-bond acceptors (Lipinski definition) is 3. The third-order valence-corrected chi connectivity index (χ3v) is 3.56. The molecule has 0 saturated heterocycles. The van der Waals surface area contributed by atoms with E-state index in [-0.39, 0.29) is 0 Å². The number of aliphatic hydroxyl groups excluding tert-OH is 1. The van der Waals surface area contributed by atoms with E-state index in [1.54, 1.807) is 6.20 Å². The predicted molar refractivity (Wildman–Crippen MR) is 60.9 cm³/mol. The Morgan fingerprint density at radius 3 is 2.75 bits per heavy atom. The van der Waals surface area contributed by atoms with Crippen molar-refractivity contribution in [2.24, 2.45) is 0 Å². The van der Waals surface area contributed by atoms with E-state index in [0.29, 0.717) is 18.7 Å². The lowest BCUT2D eigenvalue weighted by Crippen LogP contribution is -2.39. The lowest BCUT2D eigenvalue weighted by molar-refractivity contribution is -0.104. The Morgan fingerprint density at radius 2 is 2.12 bits per heavy atom. The van der Waals surface area contributed by atoms with E-state index in [4.69, 9.17) is 0 Å². The Balaban J connectivity index is 2.20. The summed E-state index contributed by atoms with van der Waals surface area (Å²) < 4.78 is 1.89. The van der Waals surface area contributed by atoms with E-state index in [0.717, 1.165) is 25.8 Å². The first-order valence-electron chi connectivity index (χ1n) is 6.09. The van der Waals surface area contributed by atoms with E-state index >= 15 is 0 Å². The minimum Gasteiger partial charge on any atom is -0.387 e. The van der Waals surface area contributed by atoms with Gasteiger partial charge in [0, 0.05) is 18.9 Å². The molecule has 1 atom stereocenters. The van der Waals surface area contributed by atoms with Gasteiger partial charge in [0.15, 0.2) is 0 Å². The molecule has 1 unspecified atom stereocenters. The lowest BCUT2D eigenvalue weighted by Gasteiger charge is -2.35. The maximum absolute atomic E-state index is 10.4. The summed E-state index contributed by atoms with van der Waals surface area (Å²) in [6.07, 6.45) is 7.12. The van der Waals surface area contributed by atoms with Gasteiger partial charge in [-0.1, -0.05) is 19.3 Å². The van der Waals surface area contributed by atoms with Gasteiger partial charge in [-0.25, -0.2) is 4.98 Å². The molecule has 90 valence electrons. The number of rotatable bonds is 3. The zero-order valence-corrected chi connectivity index (χ0v) is 9.76. The first-order valence-corrected chi connectivity index (χ1v) is 6.09. The van der Waals surface area contributed by atoms with Crippen molar-refractivity contribution in [3.8, 4) is 0 Å². The van der Waals surface area contributed by atoms with E-state index in [9.17, 15) is 10.2 Å². The quantitative estimate of drug-likeness (QED) is 0.820. The Labute approximate surface area is 95.9 Å². The molecule has 16 heavy (non-hydrogen) atoms. The van der Waals surface area contributed by atoms with Crippen LogP contribution in [0.25, 0.3) is 0 Å². The maximum Gasteiger partial charge on any atom is 0.140 e. The van der Waals surface area contributed by atoms with E-state index in [1.807, 2.05) is 17.7 Å². The second-order valence-corrected chi connectivity index (χ2v) is 4.64. The van der Waals surface area contributed by atoms with Crippen molar-refractivity contribution in [1.29, 1.82) is 0 Å². The first kappa shape index (κ1) is 11.6. The second-order valence-electron chi connectivity index (χ2n) is 4.64. The molecule has 1 saturated carbocycles. The summed E-state index contributed by atoms with van der Waals surface area (Å²) in [4.78, 5) is 4.16. The fraction of sp³-hybridized carbons (Fsp3) is 0.750. The SMILES string of the molecule is CCn1ccnc1C(O)C1(O)CCCCC1. The molecule has 0 radical (unpaired) electrons. The summed E-state index contributed by atoms with van der Waals surface area (Å²) >= 11 is 0. The van der Waals surface area contributed by atoms with Gasteiger partial charge in [0.1, 0.15) is 11.9 Å². The standard InChI is InChI=1S/C12H20N2O2/c1-2-14-9-8-13-11(14)10(15)12(16)6-4-3-5-7-12/h8-10,15-16H,2-7H2,1H3. The molecule has 4 heteroatoms. The average molecular weight is 224 g/mol. The average Bonchev–Trinajstić information content (AvgIpc) is 2.77. The van der Waals surface area contributed by atoms with Gasteiger partial charge in [0.25, 0.3) is 0 Å². The number of aliphatic hydroxyl groups is 2. The van der Waals surface area contributed by atoms with Gasteiger partial charge in [-0.2, -0.15) is 0 Å². The van der Waals surface area contributed by atoms with Gasteiger partial charge in [-0.05, 0) is 19.8 Å². The summed E-state index contributed by atoms with van der Waals surface area (Å²) in [6, 6.07) is 0. The largest absolute Gasteiger partial charge is 0.387 e. The summed E-state index contributed by atoms with van der Waals surface area (Å²) in [5.74, 6) is 0.590. The fourth-order valence-electron chi connectivity index (χ4n) is 2.51. The molecule has 0 aliphatic heterocycles. The zero-order valence-electron chi connectivity index (χ0n) is 9.76. The molecule has 1 aromatic heterocycles. The molecule has 0 amide bonds. The molecule has 0 spiro atoms. The van der Waals surface area contributed by atoms with Gasteiger partial charge in [-0.15, -0.1) is 0 Å². The fourth-order valence-corrected chi connectivity index (χ4v) is 2.51. The van der Waals surface area contributed by atoms with Crippen LogP contribution in [0.2, 0.25) is 0 Å². The predicted octanol–water partition coefficient (Wildman–Crippen LogP) is 1.63. The molecule has 2 rings (SSSR count). The van der Waals surface area contributed by atoms with Crippen LogP contribution < -0.4 is 0 Å². The molecule has 1 aliphatic rings. The highest BCUT2D eigenvalue weighted by Gasteiger charge is 2.39. The van der Waals surface area contributed by atoms with Gasteiger partial charge < -0.3 is 14.8 Å². The lowest BCUT2D eigenvalue weighted by atomic mass is 9.80. The number of nitrogens with zero attached hydrogens (tertiary/aromatic N) is 2. The summed E-state index contributed by atoms with van der Waals surface area (Å²) in [6.45, 7) is 2.77. The Bertz CT molecular complexity index is 343. The molecule has 0 aromatic carbocycles. The van der Waals surface area contributed by atoms with Crippen LogP contribution in [0.1, 0.15) is 51.0 Å². The van der Waals surface area contributed by atoms with Crippen molar-refractivity contribution in [2.45, 2.75) is 57.3 Å². The minimum atomic E-state index is -0.976. The number of imidazole rings is 1. The highest BCUT2D eigenvalue weighted by atomic mass is 16.3. The van der Waals surface area contributed by atoms with Gasteiger partial charge in [0.2, 0.25) is 0 Å². The molecule has 1 aromatic rings. The van der Waals surface area contributed by atoms with E-state index in [1.165, 1.54) is 0 Å². The normalized spacial score (nSPS) is 21.9. The molecule has 4 nitrogen and oxygen atoms in total. The molecule has 1 heterocycles. The highest BCUT2D eigenvalue weighted by Crippen LogP contribution is 2.37. The van der Waals surface area contributed by atoms with Crippen LogP contribution in [-0.2, 0) is 6.54 Å². The molecular formula is C12H20N2O2. The number of aryl methyl sites for hydroxylation is 1. The molecular weight excluding hydrogens is 204 g/mol. The summed E-state index contributed by atoms with van der Waals surface area (Å²) in [5, 5.41) is 20.7. The van der Waals surface area contributed by atoms with Crippen LogP contribution in [0.4, 0.5) is 0 Å². The molecule has 1 fully saturated rings. The Kier molecular flexibility index (Phi) is 3.30. The highest BCUT2D eigenvalue weighted by molar-refractivity contribution is 5.04. The summed E-state index contributed by atoms with van der Waals surface area (Å²) in [7, 11) is 0. The third kappa shape index (κ3) is 1.99. The van der Waals surface area contributed by atoms with Crippen molar-refractivity contribution in [3.05, 3.63) is 18.2 Å². The van der Waals surface area contributed by atoms with Gasteiger partial charge in [0.05, 0.1) is 5.60 Å². The topological polar surface area (TPSA) is 58.3 Å². The van der Waals surface area contributed by atoms with E-state index < -0.39 is 11.7 Å². The van der Waals surface area contributed by atoms with Crippen molar-refractivity contribution in [3.63, 3.8) is 0 Å². The zero-order chi connectivity index (χ0) is 11.6. The van der Waals surface area contributed by atoms with Crippen molar-refractivity contribution < 1.29 is 10.2 Å². The van der Waals surface area contributed by atoms with Crippen LogP contribution in [-0.4, -0.2) is 25.4 Å². The molecule has 1 aliphatic carbocycles. The second kappa shape index (κ2) is 4.55. The van der Waals surface area contributed by atoms with Crippen LogP contribution in [0.5, 0.6) is 0 Å². The van der Waals surface area contributed by atoms with Crippen molar-refractivity contribution in [1.82, 2.24) is 9.55 Å². The van der Waals surface area contributed by atoms with Crippen LogP contribution >= 0.6 is 0 Å². The third-order valence-electron chi connectivity index (χ3n) is 3.56. The minimum absolute atomic E-state index is 0.590.